The number of aryl methyl sites for hydroxylation is 1. The van der Waals surface area contributed by atoms with E-state index in [1.54, 1.807) is 17.3 Å². The number of aliphatic hydroxyl groups excluding tert-OH is 1. The minimum Gasteiger partial charge on any atom is -0.388 e. The van der Waals surface area contributed by atoms with Gasteiger partial charge in [0.05, 0.1) is 25.4 Å². The first-order valence-corrected chi connectivity index (χ1v) is 6.66. The highest BCUT2D eigenvalue weighted by atomic mass is 16.5. The van der Waals surface area contributed by atoms with Gasteiger partial charge in [-0.05, 0) is 25.0 Å². The Morgan fingerprint density at radius 1 is 1.58 bits per heavy atom. The molecule has 2 rings (SSSR count). The number of carbonyl (C=O) groups excluding carboxylic acids is 1. The molecule has 0 spiro atoms. The Labute approximate surface area is 113 Å². The smallest absolute Gasteiger partial charge is 0.223 e. The third-order valence-corrected chi connectivity index (χ3v) is 3.43. The highest BCUT2D eigenvalue weighted by Gasteiger charge is 2.33. The molecule has 104 valence electrons. The first kappa shape index (κ1) is 14.0. The van der Waals surface area contributed by atoms with Crippen LogP contribution in [0.4, 0.5) is 0 Å². The molecule has 1 fully saturated rings. The summed E-state index contributed by atoms with van der Waals surface area (Å²) >= 11 is 0. The van der Waals surface area contributed by atoms with Crippen LogP contribution < -0.4 is 0 Å². The molecule has 1 aliphatic heterocycles. The van der Waals surface area contributed by atoms with Crippen molar-refractivity contribution in [3.63, 3.8) is 0 Å². The van der Waals surface area contributed by atoms with E-state index >= 15 is 0 Å². The molecular weight excluding hydrogens is 244 g/mol. The summed E-state index contributed by atoms with van der Waals surface area (Å²) in [5.74, 6) is 0.0564. The summed E-state index contributed by atoms with van der Waals surface area (Å²) in [7, 11) is 0. The molecule has 0 bridgehead atoms. The van der Waals surface area contributed by atoms with Gasteiger partial charge in [0.15, 0.2) is 0 Å². The summed E-state index contributed by atoms with van der Waals surface area (Å²) in [5, 5.41) is 9.80. The predicted molar refractivity (Wildman–Crippen MR) is 70.6 cm³/mol. The van der Waals surface area contributed by atoms with E-state index in [2.05, 4.69) is 4.98 Å². The average molecular weight is 264 g/mol. The molecule has 1 N–H and O–H groups in total. The van der Waals surface area contributed by atoms with Gasteiger partial charge in [0.2, 0.25) is 5.91 Å². The predicted octanol–water partition coefficient (Wildman–Crippen LogP) is 0.622. The summed E-state index contributed by atoms with van der Waals surface area (Å²) in [5.41, 5.74) is 1.05. The van der Waals surface area contributed by atoms with Gasteiger partial charge in [0.25, 0.3) is 0 Å². The van der Waals surface area contributed by atoms with Crippen molar-refractivity contribution in [1.82, 2.24) is 9.88 Å². The Kier molecular flexibility index (Phi) is 4.87. The van der Waals surface area contributed by atoms with Gasteiger partial charge in [-0.15, -0.1) is 0 Å². The molecule has 0 aromatic carbocycles. The lowest BCUT2D eigenvalue weighted by Crippen LogP contribution is -2.46. The fourth-order valence-corrected chi connectivity index (χ4v) is 2.37. The Hall–Kier alpha value is -1.46. The van der Waals surface area contributed by atoms with Crippen molar-refractivity contribution in [2.45, 2.75) is 31.9 Å². The molecule has 1 aromatic heterocycles. The van der Waals surface area contributed by atoms with Gasteiger partial charge in [-0.1, -0.05) is 6.07 Å². The standard InChI is InChI=1S/C14H20N2O3/c1-2-16(12-9-19-10-13(12)17)14(18)6-5-11-4-3-7-15-8-11/h3-4,7-8,12-13,17H,2,5-6,9-10H2,1H3/t12-,13-/m0/s1. The van der Waals surface area contributed by atoms with E-state index in [-0.39, 0.29) is 11.9 Å². The second kappa shape index (κ2) is 6.63. The largest absolute Gasteiger partial charge is 0.388 e. The lowest BCUT2D eigenvalue weighted by atomic mass is 10.1. The van der Waals surface area contributed by atoms with Gasteiger partial charge in [0.1, 0.15) is 0 Å². The highest BCUT2D eigenvalue weighted by molar-refractivity contribution is 5.76. The molecular formula is C14H20N2O3. The maximum Gasteiger partial charge on any atom is 0.223 e. The molecule has 5 nitrogen and oxygen atoms in total. The number of aliphatic hydroxyl groups is 1. The van der Waals surface area contributed by atoms with Crippen molar-refractivity contribution >= 4 is 5.91 Å². The Morgan fingerprint density at radius 3 is 3.00 bits per heavy atom. The van der Waals surface area contributed by atoms with E-state index in [1.165, 1.54) is 0 Å². The molecule has 1 saturated heterocycles. The number of ether oxygens (including phenoxy) is 1. The van der Waals surface area contributed by atoms with E-state index in [9.17, 15) is 9.90 Å². The van der Waals surface area contributed by atoms with E-state index in [0.717, 1.165) is 5.56 Å². The third-order valence-electron chi connectivity index (χ3n) is 3.43. The van der Waals surface area contributed by atoms with Gasteiger partial charge in [-0.2, -0.15) is 0 Å². The monoisotopic (exact) mass is 264 g/mol. The molecule has 0 aliphatic carbocycles. The fourth-order valence-electron chi connectivity index (χ4n) is 2.37. The SMILES string of the molecule is CCN(C(=O)CCc1cccnc1)[C@H]1COC[C@@H]1O. The zero-order valence-electron chi connectivity index (χ0n) is 11.2. The molecule has 19 heavy (non-hydrogen) atoms. The summed E-state index contributed by atoms with van der Waals surface area (Å²) in [6.45, 7) is 3.26. The molecule has 1 aromatic rings. The van der Waals surface area contributed by atoms with Gasteiger partial charge >= 0.3 is 0 Å². The molecule has 0 saturated carbocycles. The quantitative estimate of drug-likeness (QED) is 0.847. The van der Waals surface area contributed by atoms with E-state index in [4.69, 9.17) is 4.74 Å². The second-order valence-electron chi connectivity index (χ2n) is 4.71. The number of aromatic nitrogens is 1. The van der Waals surface area contributed by atoms with Gasteiger partial charge in [-0.3, -0.25) is 9.78 Å². The van der Waals surface area contributed by atoms with Crippen LogP contribution in [0, 0.1) is 0 Å². The van der Waals surface area contributed by atoms with Crippen LogP contribution in [0.25, 0.3) is 0 Å². The highest BCUT2D eigenvalue weighted by Crippen LogP contribution is 2.15. The average Bonchev–Trinajstić information content (AvgIpc) is 2.85. The summed E-state index contributed by atoms with van der Waals surface area (Å²) < 4.78 is 5.21. The minimum absolute atomic E-state index is 0.0564. The van der Waals surface area contributed by atoms with Crippen LogP contribution >= 0.6 is 0 Å². The first-order valence-electron chi connectivity index (χ1n) is 6.66. The minimum atomic E-state index is -0.567. The Bertz CT molecular complexity index is 410. The molecule has 0 unspecified atom stereocenters. The molecule has 2 atom stereocenters. The number of rotatable bonds is 5. The van der Waals surface area contributed by atoms with Crippen LogP contribution in [0.2, 0.25) is 0 Å². The van der Waals surface area contributed by atoms with Gasteiger partial charge in [0, 0.05) is 25.4 Å². The molecule has 1 aliphatic rings. The molecule has 5 heteroatoms. The zero-order valence-corrected chi connectivity index (χ0v) is 11.2. The second-order valence-corrected chi connectivity index (χ2v) is 4.71. The lowest BCUT2D eigenvalue weighted by molar-refractivity contribution is -0.134. The van der Waals surface area contributed by atoms with Crippen molar-refractivity contribution in [1.29, 1.82) is 0 Å². The number of hydrogen-bond donors (Lipinski definition) is 1. The maximum absolute atomic E-state index is 12.2. The van der Waals surface area contributed by atoms with E-state index < -0.39 is 6.10 Å². The number of pyridine rings is 1. The third kappa shape index (κ3) is 3.52. The van der Waals surface area contributed by atoms with Crippen LogP contribution in [-0.4, -0.2) is 52.8 Å². The number of nitrogens with zero attached hydrogens (tertiary/aromatic N) is 2. The van der Waals surface area contributed by atoms with Crippen LogP contribution in [0.15, 0.2) is 24.5 Å². The maximum atomic E-state index is 12.2. The van der Waals surface area contributed by atoms with Crippen LogP contribution in [0.5, 0.6) is 0 Å². The Balaban J connectivity index is 1.90. The molecule has 2 heterocycles. The van der Waals surface area contributed by atoms with Crippen molar-refractivity contribution in [2.24, 2.45) is 0 Å². The van der Waals surface area contributed by atoms with Crippen LogP contribution in [-0.2, 0) is 16.0 Å². The van der Waals surface area contributed by atoms with E-state index in [0.29, 0.717) is 32.6 Å². The number of carbonyl (C=O) groups is 1. The van der Waals surface area contributed by atoms with Crippen LogP contribution in [0.3, 0.4) is 0 Å². The van der Waals surface area contributed by atoms with Crippen molar-refractivity contribution in [2.75, 3.05) is 19.8 Å². The van der Waals surface area contributed by atoms with E-state index in [1.807, 2.05) is 19.1 Å². The Morgan fingerprint density at radius 2 is 2.42 bits per heavy atom. The molecule has 0 radical (unpaired) electrons. The summed E-state index contributed by atoms with van der Waals surface area (Å²) in [6, 6.07) is 3.63. The van der Waals surface area contributed by atoms with Gasteiger partial charge < -0.3 is 14.7 Å². The lowest BCUT2D eigenvalue weighted by Gasteiger charge is -2.28. The number of likely N-dealkylation sites (N-methyl/N-ethyl adjacent to an activating group) is 1. The van der Waals surface area contributed by atoms with Crippen molar-refractivity contribution in [3.05, 3.63) is 30.1 Å². The summed E-state index contributed by atoms with van der Waals surface area (Å²) in [4.78, 5) is 18.0. The normalized spacial score (nSPS) is 22.4. The van der Waals surface area contributed by atoms with Crippen LogP contribution in [0.1, 0.15) is 18.9 Å². The number of amides is 1. The topological polar surface area (TPSA) is 62.7 Å². The first-order chi connectivity index (χ1) is 9.22. The molecule has 1 amide bonds. The van der Waals surface area contributed by atoms with Gasteiger partial charge in [-0.25, -0.2) is 0 Å². The summed E-state index contributed by atoms with van der Waals surface area (Å²) in [6.07, 6.45) is 4.03. The number of hydrogen-bond acceptors (Lipinski definition) is 4. The fraction of sp³-hybridized carbons (Fsp3) is 0.571. The zero-order chi connectivity index (χ0) is 13.7. The van der Waals surface area contributed by atoms with Crippen molar-refractivity contribution in [3.8, 4) is 0 Å². The van der Waals surface area contributed by atoms with Crippen molar-refractivity contribution < 1.29 is 14.6 Å².